The summed E-state index contributed by atoms with van der Waals surface area (Å²) in [6.07, 6.45) is 41.9. The molecule has 0 aromatic carbocycles. The third-order valence-corrected chi connectivity index (χ3v) is 18.3. The standard InChI is InChI=1S/C70H136O17P2/c1-9-63(8)49-41-33-24-16-14-12-10-11-13-15-17-26-36-44-52-69(74)86-66(57-81-68(73)51-43-35-29-28-32-40-48-62(6)7)59-85-89(78,79)83-55-64(71)54-82-88(76,77)84-58-65(87-70(75)53-45-37-27-21-19-23-31-39-47-61(4)5)56-80-67(72)50-42-34-25-20-18-22-30-38-46-60(2)3/h60-66,71H,9-59H2,1-8H3,(H,76,77)(H,78,79)/t63?,64?,65-,66-/m1/s1. The van der Waals surface area contributed by atoms with E-state index in [1.54, 1.807) is 0 Å². The molecule has 0 saturated carbocycles. The first-order chi connectivity index (χ1) is 42.6. The van der Waals surface area contributed by atoms with E-state index in [0.29, 0.717) is 31.6 Å². The third-order valence-electron chi connectivity index (χ3n) is 16.4. The molecular formula is C70H136O17P2. The van der Waals surface area contributed by atoms with Crippen LogP contribution >= 0.6 is 15.6 Å². The summed E-state index contributed by atoms with van der Waals surface area (Å²) in [6, 6.07) is 0. The summed E-state index contributed by atoms with van der Waals surface area (Å²) >= 11 is 0. The van der Waals surface area contributed by atoms with E-state index in [9.17, 15) is 43.2 Å². The number of aliphatic hydroxyl groups is 1. The molecule has 6 atom stereocenters. The highest BCUT2D eigenvalue weighted by Gasteiger charge is 2.30. The smallest absolute Gasteiger partial charge is 0.462 e. The fourth-order valence-electron chi connectivity index (χ4n) is 10.5. The molecule has 0 spiro atoms. The molecular weight excluding hydrogens is 1170 g/mol. The highest BCUT2D eigenvalue weighted by Crippen LogP contribution is 2.45. The number of aliphatic hydroxyl groups excluding tert-OH is 1. The summed E-state index contributed by atoms with van der Waals surface area (Å²) in [5, 5.41) is 10.6. The maximum absolute atomic E-state index is 13.0. The van der Waals surface area contributed by atoms with Crippen LogP contribution in [0.4, 0.5) is 0 Å². The Morgan fingerprint density at radius 3 is 0.798 bits per heavy atom. The van der Waals surface area contributed by atoms with Crippen molar-refractivity contribution >= 4 is 39.5 Å². The maximum Gasteiger partial charge on any atom is 0.472 e. The number of unbranched alkanes of at least 4 members (excludes halogenated alkanes) is 32. The molecule has 0 aliphatic carbocycles. The number of phosphoric ester groups is 2. The van der Waals surface area contributed by atoms with Crippen LogP contribution in [0.3, 0.4) is 0 Å². The van der Waals surface area contributed by atoms with Gasteiger partial charge in [0.15, 0.2) is 12.2 Å². The van der Waals surface area contributed by atoms with E-state index < -0.39 is 97.5 Å². The Balaban J connectivity index is 5.21. The molecule has 19 heteroatoms. The molecule has 3 N–H and O–H groups in total. The average molecular weight is 1310 g/mol. The molecule has 0 radical (unpaired) electrons. The van der Waals surface area contributed by atoms with E-state index in [2.05, 4.69) is 55.4 Å². The van der Waals surface area contributed by atoms with Crippen LogP contribution < -0.4 is 0 Å². The van der Waals surface area contributed by atoms with Gasteiger partial charge < -0.3 is 33.8 Å². The minimum atomic E-state index is -4.95. The van der Waals surface area contributed by atoms with Crippen molar-refractivity contribution < 1.29 is 80.2 Å². The van der Waals surface area contributed by atoms with Gasteiger partial charge in [0.25, 0.3) is 0 Å². The van der Waals surface area contributed by atoms with Crippen molar-refractivity contribution in [2.75, 3.05) is 39.6 Å². The second-order valence-corrected chi connectivity index (χ2v) is 29.8. The first-order valence-electron chi connectivity index (χ1n) is 36.2. The third kappa shape index (κ3) is 63.2. The summed E-state index contributed by atoms with van der Waals surface area (Å²) in [7, 11) is -9.90. The lowest BCUT2D eigenvalue weighted by molar-refractivity contribution is -0.161. The van der Waals surface area contributed by atoms with Gasteiger partial charge in [0.2, 0.25) is 0 Å². The van der Waals surface area contributed by atoms with Gasteiger partial charge in [-0.25, -0.2) is 9.13 Å². The van der Waals surface area contributed by atoms with Crippen LogP contribution in [0, 0.1) is 23.7 Å². The number of rotatable bonds is 67. The minimum absolute atomic E-state index is 0.103. The van der Waals surface area contributed by atoms with Gasteiger partial charge in [0, 0.05) is 25.7 Å². The number of hydrogen-bond acceptors (Lipinski definition) is 15. The fourth-order valence-corrected chi connectivity index (χ4v) is 12.0. The van der Waals surface area contributed by atoms with Crippen molar-refractivity contribution in [1.82, 2.24) is 0 Å². The predicted molar refractivity (Wildman–Crippen MR) is 358 cm³/mol. The Hall–Kier alpha value is -1.94. The van der Waals surface area contributed by atoms with E-state index in [1.807, 2.05) is 0 Å². The van der Waals surface area contributed by atoms with Gasteiger partial charge in [0.05, 0.1) is 26.4 Å². The van der Waals surface area contributed by atoms with Gasteiger partial charge >= 0.3 is 39.5 Å². The summed E-state index contributed by atoms with van der Waals surface area (Å²) in [6.45, 7) is 14.0. The summed E-state index contributed by atoms with van der Waals surface area (Å²) < 4.78 is 68.2. The van der Waals surface area contributed by atoms with Crippen LogP contribution in [0.5, 0.6) is 0 Å². The van der Waals surface area contributed by atoms with Crippen LogP contribution in [0.25, 0.3) is 0 Å². The molecule has 0 rings (SSSR count). The van der Waals surface area contributed by atoms with Gasteiger partial charge in [-0.15, -0.1) is 0 Å². The van der Waals surface area contributed by atoms with Crippen LogP contribution in [-0.4, -0.2) is 96.7 Å². The highest BCUT2D eigenvalue weighted by molar-refractivity contribution is 7.47. The molecule has 0 aromatic rings. The molecule has 0 fully saturated rings. The van der Waals surface area contributed by atoms with Crippen molar-refractivity contribution in [1.29, 1.82) is 0 Å². The number of esters is 4. The molecule has 0 aliphatic rings. The van der Waals surface area contributed by atoms with Gasteiger partial charge in [-0.2, -0.15) is 0 Å². The van der Waals surface area contributed by atoms with Crippen LogP contribution in [-0.2, 0) is 65.4 Å². The monoisotopic (exact) mass is 1310 g/mol. The average Bonchev–Trinajstić information content (AvgIpc) is 3.57. The van der Waals surface area contributed by atoms with Gasteiger partial charge in [-0.1, -0.05) is 293 Å². The molecule has 0 amide bonds. The lowest BCUT2D eigenvalue weighted by Crippen LogP contribution is -2.30. The van der Waals surface area contributed by atoms with Crippen molar-refractivity contribution in [2.24, 2.45) is 23.7 Å². The molecule has 0 saturated heterocycles. The number of ether oxygens (including phenoxy) is 4. The van der Waals surface area contributed by atoms with Gasteiger partial charge in [-0.3, -0.25) is 37.3 Å². The highest BCUT2D eigenvalue weighted by atomic mass is 31.2. The molecule has 0 aliphatic heterocycles. The predicted octanol–water partition coefficient (Wildman–Crippen LogP) is 19.7. The topological polar surface area (TPSA) is 237 Å². The van der Waals surface area contributed by atoms with Crippen molar-refractivity contribution in [3.8, 4) is 0 Å². The van der Waals surface area contributed by atoms with E-state index >= 15 is 0 Å². The zero-order chi connectivity index (χ0) is 66.1. The normalized spacial score (nSPS) is 14.6. The van der Waals surface area contributed by atoms with Crippen molar-refractivity contribution in [3.63, 3.8) is 0 Å². The van der Waals surface area contributed by atoms with Gasteiger partial charge in [-0.05, 0) is 49.4 Å². The Morgan fingerprint density at radius 2 is 0.539 bits per heavy atom. The fraction of sp³-hybridized carbons (Fsp3) is 0.943. The first kappa shape index (κ1) is 87.1. The molecule has 0 aromatic heterocycles. The lowest BCUT2D eigenvalue weighted by Gasteiger charge is -2.21. The SMILES string of the molecule is CCC(C)CCCCCCCCCCCCCCCCC(=O)O[C@H](COC(=O)CCCCCCCCC(C)C)COP(=O)(O)OCC(O)COP(=O)(O)OC[C@@H](COC(=O)CCCCCCCCCCC(C)C)OC(=O)CCCCCCCCCCC(C)C. The van der Waals surface area contributed by atoms with Gasteiger partial charge in [0.1, 0.15) is 19.3 Å². The Bertz CT molecular complexity index is 1770. The van der Waals surface area contributed by atoms with E-state index in [4.69, 9.17) is 37.0 Å². The Kier molecular flexibility index (Phi) is 58.5. The lowest BCUT2D eigenvalue weighted by atomic mass is 9.99. The molecule has 89 heavy (non-hydrogen) atoms. The largest absolute Gasteiger partial charge is 0.472 e. The van der Waals surface area contributed by atoms with Crippen LogP contribution in [0.2, 0.25) is 0 Å². The molecule has 0 heterocycles. The summed E-state index contributed by atoms with van der Waals surface area (Å²) in [4.78, 5) is 72.5. The first-order valence-corrected chi connectivity index (χ1v) is 39.2. The Labute approximate surface area is 543 Å². The molecule has 0 bridgehead atoms. The number of hydrogen-bond donors (Lipinski definition) is 3. The molecule has 528 valence electrons. The van der Waals surface area contributed by atoms with E-state index in [-0.39, 0.29) is 25.7 Å². The summed E-state index contributed by atoms with van der Waals surface area (Å²) in [5.74, 6) is 0.837. The summed E-state index contributed by atoms with van der Waals surface area (Å²) in [5.41, 5.74) is 0. The Morgan fingerprint density at radius 1 is 0.315 bits per heavy atom. The van der Waals surface area contributed by atoms with Crippen LogP contribution in [0.1, 0.15) is 344 Å². The van der Waals surface area contributed by atoms with Crippen molar-refractivity contribution in [3.05, 3.63) is 0 Å². The number of phosphoric acid groups is 2. The zero-order valence-corrected chi connectivity index (χ0v) is 59.8. The van der Waals surface area contributed by atoms with Crippen LogP contribution in [0.15, 0.2) is 0 Å². The zero-order valence-electron chi connectivity index (χ0n) is 58.1. The maximum atomic E-state index is 13.0. The number of carbonyl (C=O) groups excluding carboxylic acids is 4. The van der Waals surface area contributed by atoms with E-state index in [1.165, 1.54) is 141 Å². The molecule has 17 nitrogen and oxygen atoms in total. The second kappa shape index (κ2) is 59.8. The minimum Gasteiger partial charge on any atom is -0.462 e. The van der Waals surface area contributed by atoms with Crippen molar-refractivity contribution in [2.45, 2.75) is 363 Å². The quantitative estimate of drug-likeness (QED) is 0.0222. The second-order valence-electron chi connectivity index (χ2n) is 26.9. The number of carbonyl (C=O) groups is 4. The molecule has 4 unspecified atom stereocenters. The van der Waals surface area contributed by atoms with E-state index in [0.717, 1.165) is 114 Å².